The van der Waals surface area contributed by atoms with Gasteiger partial charge in [0.2, 0.25) is 0 Å². The molecule has 0 aromatic rings. The van der Waals surface area contributed by atoms with Crippen LogP contribution in [0.3, 0.4) is 0 Å². The second-order valence-corrected chi connectivity index (χ2v) is 6.33. The Kier molecular flexibility index (Phi) is 3.11. The summed E-state index contributed by atoms with van der Waals surface area (Å²) in [5.74, 6) is 1.05. The number of hydrogen-bond acceptors (Lipinski definition) is 2. The molecular weight excluding hydrogens is 224 g/mol. The fourth-order valence-corrected chi connectivity index (χ4v) is 4.32. The van der Waals surface area contributed by atoms with Crippen LogP contribution in [0.1, 0.15) is 52.4 Å². The van der Waals surface area contributed by atoms with E-state index in [2.05, 4.69) is 13.8 Å². The van der Waals surface area contributed by atoms with Crippen LogP contribution in [0.15, 0.2) is 22.3 Å². The van der Waals surface area contributed by atoms with E-state index in [0.29, 0.717) is 11.8 Å². The maximum Gasteiger partial charge on any atom is 0.0756 e. The minimum absolute atomic E-state index is 0.255. The predicted molar refractivity (Wildman–Crippen MR) is 72.1 cm³/mol. The van der Waals surface area contributed by atoms with Crippen LogP contribution in [0, 0.1) is 11.8 Å². The van der Waals surface area contributed by atoms with Gasteiger partial charge in [-0.15, -0.1) is 0 Å². The highest BCUT2D eigenvalue weighted by molar-refractivity contribution is 5.43. The summed E-state index contributed by atoms with van der Waals surface area (Å²) in [7, 11) is 0. The van der Waals surface area contributed by atoms with E-state index in [-0.39, 0.29) is 12.2 Å². The molecule has 3 rings (SSSR count). The number of aliphatic hydroxyl groups excluding tert-OH is 2. The molecule has 4 atom stereocenters. The van der Waals surface area contributed by atoms with Crippen molar-refractivity contribution in [1.29, 1.82) is 0 Å². The molecule has 0 aromatic heterocycles. The predicted octanol–water partition coefficient (Wildman–Crippen LogP) is 2.96. The summed E-state index contributed by atoms with van der Waals surface area (Å²) in [6.45, 7) is 4.57. The number of hydrogen-bond donors (Lipinski definition) is 2. The van der Waals surface area contributed by atoms with Crippen molar-refractivity contribution in [3.63, 3.8) is 0 Å². The lowest BCUT2D eigenvalue weighted by molar-refractivity contribution is 0.156. The summed E-state index contributed by atoms with van der Waals surface area (Å²) in [6.07, 6.45) is 5.48. The quantitative estimate of drug-likeness (QED) is 0.647. The Hall–Kier alpha value is -0.600. The second kappa shape index (κ2) is 4.50. The Morgan fingerprint density at radius 3 is 2.39 bits per heavy atom. The van der Waals surface area contributed by atoms with Gasteiger partial charge in [-0.25, -0.2) is 0 Å². The lowest BCUT2D eigenvalue weighted by Gasteiger charge is -2.42. The molecule has 0 spiro atoms. The maximum atomic E-state index is 10.3. The van der Waals surface area contributed by atoms with Crippen molar-refractivity contribution in [3.05, 3.63) is 22.3 Å². The van der Waals surface area contributed by atoms with Crippen LogP contribution >= 0.6 is 0 Å². The first-order valence-corrected chi connectivity index (χ1v) is 7.40. The van der Waals surface area contributed by atoms with Gasteiger partial charge in [0.15, 0.2) is 0 Å². The van der Waals surface area contributed by atoms with Crippen LogP contribution in [-0.2, 0) is 0 Å². The van der Waals surface area contributed by atoms with E-state index in [1.807, 2.05) is 0 Å². The summed E-state index contributed by atoms with van der Waals surface area (Å²) >= 11 is 0. The third-order valence-corrected chi connectivity index (χ3v) is 5.29. The Morgan fingerprint density at radius 2 is 1.61 bits per heavy atom. The minimum Gasteiger partial charge on any atom is -0.389 e. The summed E-state index contributed by atoms with van der Waals surface area (Å²) in [4.78, 5) is 0. The second-order valence-electron chi connectivity index (χ2n) is 6.33. The van der Waals surface area contributed by atoms with Gasteiger partial charge in [0.25, 0.3) is 0 Å². The topological polar surface area (TPSA) is 40.5 Å². The first-order chi connectivity index (χ1) is 8.59. The molecule has 0 radical (unpaired) electrons. The van der Waals surface area contributed by atoms with Gasteiger partial charge < -0.3 is 10.2 Å². The van der Waals surface area contributed by atoms with Gasteiger partial charge in [-0.05, 0) is 61.5 Å². The molecule has 0 heterocycles. The molecule has 2 nitrogen and oxygen atoms in total. The van der Waals surface area contributed by atoms with Gasteiger partial charge in [0.1, 0.15) is 0 Å². The number of allylic oxidation sites excluding steroid dienone is 2. The Bertz CT molecular complexity index is 419. The molecule has 3 aliphatic carbocycles. The number of aliphatic hydroxyl groups is 2. The van der Waals surface area contributed by atoms with Crippen LogP contribution in [0.4, 0.5) is 0 Å². The Morgan fingerprint density at radius 1 is 0.889 bits per heavy atom. The van der Waals surface area contributed by atoms with Crippen LogP contribution in [-0.4, -0.2) is 22.4 Å². The van der Waals surface area contributed by atoms with Gasteiger partial charge >= 0.3 is 0 Å². The Labute approximate surface area is 109 Å². The van der Waals surface area contributed by atoms with E-state index in [0.717, 1.165) is 38.5 Å². The summed E-state index contributed by atoms with van der Waals surface area (Å²) in [6, 6.07) is 0. The molecule has 0 fully saturated rings. The first-order valence-electron chi connectivity index (χ1n) is 7.40. The fourth-order valence-electron chi connectivity index (χ4n) is 4.32. The largest absolute Gasteiger partial charge is 0.389 e. The molecular formula is C16H24O2. The van der Waals surface area contributed by atoms with E-state index in [9.17, 15) is 10.2 Å². The third kappa shape index (κ3) is 1.78. The standard InChI is InChI=1S/C16H24O2/c1-9-6-7-15(18)13-8-12-11(10(2)16(9)13)4-3-5-14(12)17/h9-10,14-15,17-18H,3-8H2,1-2H3. The monoisotopic (exact) mass is 248 g/mol. The van der Waals surface area contributed by atoms with Crippen molar-refractivity contribution in [3.8, 4) is 0 Å². The lowest BCUT2D eigenvalue weighted by atomic mass is 9.65. The lowest BCUT2D eigenvalue weighted by Crippen LogP contribution is -2.33. The van der Waals surface area contributed by atoms with E-state index in [1.165, 1.54) is 22.3 Å². The van der Waals surface area contributed by atoms with Crippen molar-refractivity contribution < 1.29 is 10.2 Å². The van der Waals surface area contributed by atoms with E-state index in [4.69, 9.17) is 0 Å². The zero-order valence-corrected chi connectivity index (χ0v) is 11.4. The highest BCUT2D eigenvalue weighted by atomic mass is 16.3. The molecule has 0 aliphatic heterocycles. The summed E-state index contributed by atoms with van der Waals surface area (Å²) in [5.41, 5.74) is 5.44. The fraction of sp³-hybridized carbons (Fsp3) is 0.750. The molecule has 0 saturated heterocycles. The molecule has 18 heavy (non-hydrogen) atoms. The first kappa shape index (κ1) is 12.4. The van der Waals surface area contributed by atoms with Crippen molar-refractivity contribution in [2.24, 2.45) is 11.8 Å². The molecule has 0 bridgehead atoms. The van der Waals surface area contributed by atoms with Crippen molar-refractivity contribution in [2.45, 2.75) is 64.6 Å². The highest BCUT2D eigenvalue weighted by Crippen LogP contribution is 2.48. The summed E-state index contributed by atoms with van der Waals surface area (Å²) < 4.78 is 0. The molecule has 2 heteroatoms. The van der Waals surface area contributed by atoms with Crippen LogP contribution in [0.5, 0.6) is 0 Å². The van der Waals surface area contributed by atoms with Gasteiger partial charge in [0, 0.05) is 0 Å². The van der Waals surface area contributed by atoms with E-state index in [1.54, 1.807) is 0 Å². The van der Waals surface area contributed by atoms with Gasteiger partial charge in [-0.1, -0.05) is 25.0 Å². The zero-order valence-electron chi connectivity index (χ0n) is 11.4. The van der Waals surface area contributed by atoms with Crippen LogP contribution in [0.25, 0.3) is 0 Å². The third-order valence-electron chi connectivity index (χ3n) is 5.29. The van der Waals surface area contributed by atoms with Crippen LogP contribution < -0.4 is 0 Å². The van der Waals surface area contributed by atoms with Crippen molar-refractivity contribution >= 4 is 0 Å². The van der Waals surface area contributed by atoms with Gasteiger partial charge in [0.05, 0.1) is 12.2 Å². The van der Waals surface area contributed by atoms with E-state index < -0.39 is 0 Å². The van der Waals surface area contributed by atoms with Crippen molar-refractivity contribution in [2.75, 3.05) is 0 Å². The van der Waals surface area contributed by atoms with Gasteiger partial charge in [-0.2, -0.15) is 0 Å². The SMILES string of the molecule is CC1CCC(O)C2=C1C(C)C1=C(C2)C(O)CCC1. The van der Waals surface area contributed by atoms with Crippen molar-refractivity contribution in [1.82, 2.24) is 0 Å². The molecule has 0 aromatic carbocycles. The normalized spacial score (nSPS) is 40.7. The molecule has 3 aliphatic rings. The van der Waals surface area contributed by atoms with Gasteiger partial charge in [-0.3, -0.25) is 0 Å². The molecule has 2 N–H and O–H groups in total. The smallest absolute Gasteiger partial charge is 0.0756 e. The number of rotatable bonds is 0. The average Bonchev–Trinajstić information content (AvgIpc) is 2.35. The maximum absolute atomic E-state index is 10.3. The molecule has 100 valence electrons. The van der Waals surface area contributed by atoms with Crippen LogP contribution in [0.2, 0.25) is 0 Å². The minimum atomic E-state index is -0.262. The highest BCUT2D eigenvalue weighted by Gasteiger charge is 2.37. The summed E-state index contributed by atoms with van der Waals surface area (Å²) in [5, 5.41) is 20.5. The Balaban J connectivity index is 2.01. The molecule has 0 amide bonds. The molecule has 4 unspecified atom stereocenters. The molecule has 0 saturated carbocycles. The average molecular weight is 248 g/mol. The zero-order chi connectivity index (χ0) is 12.9. The van der Waals surface area contributed by atoms with E-state index >= 15 is 0 Å².